The Hall–Kier alpha value is -2.25. The average molecular weight is 264 g/mol. The molecule has 2 rings (SSSR count). The fourth-order valence-electron chi connectivity index (χ4n) is 1.90. The minimum Gasteiger partial charge on any atom is -0.479 e. The lowest BCUT2D eigenvalue weighted by Crippen LogP contribution is -2.39. The van der Waals surface area contributed by atoms with Crippen LogP contribution in [0, 0.1) is 6.92 Å². The van der Waals surface area contributed by atoms with Crippen LogP contribution < -0.4 is 0 Å². The largest absolute Gasteiger partial charge is 0.479 e. The van der Waals surface area contributed by atoms with E-state index in [9.17, 15) is 9.90 Å². The number of hydrogen-bond acceptors (Lipinski definition) is 5. The summed E-state index contributed by atoms with van der Waals surface area (Å²) in [6.07, 6.45) is 2.15. The third kappa shape index (κ3) is 1.98. The minimum atomic E-state index is -1.18. The number of tetrazole rings is 1. The Bertz CT molecular complexity index is 616. The predicted octanol–water partition coefficient (Wildman–Crippen LogP) is 0.592. The molecule has 1 unspecified atom stereocenters. The van der Waals surface area contributed by atoms with Gasteiger partial charge in [-0.05, 0) is 30.7 Å². The van der Waals surface area contributed by atoms with Gasteiger partial charge in [0.1, 0.15) is 0 Å². The van der Waals surface area contributed by atoms with E-state index < -0.39 is 11.5 Å². The third-order valence-corrected chi connectivity index (χ3v) is 3.34. The van der Waals surface area contributed by atoms with Gasteiger partial charge in [0.15, 0.2) is 11.4 Å². The zero-order chi connectivity index (χ0) is 14.2. The lowest BCUT2D eigenvalue weighted by Gasteiger charge is -2.23. The van der Waals surface area contributed by atoms with E-state index in [1.165, 1.54) is 4.68 Å². The normalized spacial score (nSPS) is 14.3. The van der Waals surface area contributed by atoms with E-state index in [1.807, 2.05) is 6.92 Å². The molecule has 0 amide bonds. The summed E-state index contributed by atoms with van der Waals surface area (Å²) in [7, 11) is 1.79. The number of carboxylic acid groups (broad SMARTS) is 1. The van der Waals surface area contributed by atoms with Gasteiger partial charge < -0.3 is 5.11 Å². The molecular formula is C11H16N6O2. The lowest BCUT2D eigenvalue weighted by atomic mass is 9.99. The number of aryl methyl sites for hydroxylation is 2. The van der Waals surface area contributed by atoms with Gasteiger partial charge in [-0.2, -0.15) is 5.10 Å². The second-order valence-electron chi connectivity index (χ2n) is 4.65. The molecule has 0 saturated heterocycles. The zero-order valence-electron chi connectivity index (χ0n) is 11.3. The van der Waals surface area contributed by atoms with E-state index in [2.05, 4.69) is 20.6 Å². The van der Waals surface area contributed by atoms with Crippen LogP contribution >= 0.6 is 0 Å². The van der Waals surface area contributed by atoms with Crippen molar-refractivity contribution in [3.05, 3.63) is 11.9 Å². The maximum absolute atomic E-state index is 11.5. The predicted molar refractivity (Wildman–Crippen MR) is 66.3 cm³/mol. The molecule has 1 atom stereocenters. The van der Waals surface area contributed by atoms with Gasteiger partial charge in [-0.15, -0.1) is 5.10 Å². The smallest absolute Gasteiger partial charge is 0.331 e. The first-order chi connectivity index (χ1) is 8.90. The average Bonchev–Trinajstić information content (AvgIpc) is 2.94. The highest BCUT2D eigenvalue weighted by molar-refractivity contribution is 5.77. The number of carbonyl (C=O) groups is 1. The Kier molecular flexibility index (Phi) is 3.09. The Labute approximate surface area is 110 Å². The molecule has 19 heavy (non-hydrogen) atoms. The Morgan fingerprint density at radius 2 is 2.21 bits per heavy atom. The highest BCUT2D eigenvalue weighted by Crippen LogP contribution is 2.27. The van der Waals surface area contributed by atoms with Crippen molar-refractivity contribution in [1.29, 1.82) is 0 Å². The van der Waals surface area contributed by atoms with E-state index in [4.69, 9.17) is 0 Å². The van der Waals surface area contributed by atoms with Gasteiger partial charge in [0, 0.05) is 13.2 Å². The zero-order valence-corrected chi connectivity index (χ0v) is 11.3. The molecule has 0 radical (unpaired) electrons. The molecule has 0 aliphatic rings. The van der Waals surface area contributed by atoms with Gasteiger partial charge in [0.2, 0.25) is 0 Å². The van der Waals surface area contributed by atoms with Gasteiger partial charge in [-0.25, -0.2) is 9.48 Å². The molecule has 0 aliphatic carbocycles. The first-order valence-corrected chi connectivity index (χ1v) is 5.93. The maximum atomic E-state index is 11.5. The second-order valence-corrected chi connectivity index (χ2v) is 4.65. The molecule has 2 aromatic rings. The van der Waals surface area contributed by atoms with Crippen LogP contribution in [0.25, 0.3) is 11.4 Å². The van der Waals surface area contributed by atoms with Gasteiger partial charge >= 0.3 is 5.97 Å². The quantitative estimate of drug-likeness (QED) is 0.867. The van der Waals surface area contributed by atoms with Crippen LogP contribution in [0.1, 0.15) is 26.0 Å². The van der Waals surface area contributed by atoms with Crippen molar-refractivity contribution in [1.82, 2.24) is 30.0 Å². The lowest BCUT2D eigenvalue weighted by molar-refractivity contribution is -0.147. The molecule has 2 aromatic heterocycles. The van der Waals surface area contributed by atoms with Crippen molar-refractivity contribution in [3.8, 4) is 11.4 Å². The van der Waals surface area contributed by atoms with Crippen LogP contribution in [0.2, 0.25) is 0 Å². The number of aliphatic carboxylic acids is 1. The van der Waals surface area contributed by atoms with Crippen LogP contribution in [0.15, 0.2) is 6.20 Å². The second kappa shape index (κ2) is 4.45. The number of aromatic nitrogens is 6. The molecule has 8 heteroatoms. The summed E-state index contributed by atoms with van der Waals surface area (Å²) in [4.78, 5) is 11.5. The van der Waals surface area contributed by atoms with E-state index in [-0.39, 0.29) is 0 Å². The molecule has 0 aromatic carbocycles. The Balaban J connectivity index is 2.60. The van der Waals surface area contributed by atoms with Gasteiger partial charge in [-0.1, -0.05) is 6.92 Å². The third-order valence-electron chi connectivity index (χ3n) is 3.34. The molecule has 1 N–H and O–H groups in total. The number of carboxylic acids is 1. The topological polar surface area (TPSA) is 98.7 Å². The number of nitrogens with zero attached hydrogens (tertiary/aromatic N) is 6. The summed E-state index contributed by atoms with van der Waals surface area (Å²) in [5.74, 6) is -0.553. The molecule has 0 bridgehead atoms. The molecule has 0 spiro atoms. The summed E-state index contributed by atoms with van der Waals surface area (Å²) in [6, 6.07) is 0. The number of hydrogen-bond donors (Lipinski definition) is 1. The standard InChI is InChI=1S/C11H16N6O2/c1-5-11(3,10(18)19)17-9(12-14-15-17)8-6-16(4)13-7(8)2/h6H,5H2,1-4H3,(H,18,19). The van der Waals surface area contributed by atoms with E-state index >= 15 is 0 Å². The van der Waals surface area contributed by atoms with E-state index in [0.717, 1.165) is 11.3 Å². The van der Waals surface area contributed by atoms with Crippen LogP contribution in [-0.2, 0) is 17.4 Å². The first-order valence-electron chi connectivity index (χ1n) is 5.93. The molecule has 0 saturated carbocycles. The summed E-state index contributed by atoms with van der Waals surface area (Å²) in [6.45, 7) is 5.22. The van der Waals surface area contributed by atoms with Crippen molar-refractivity contribution in [2.75, 3.05) is 0 Å². The summed E-state index contributed by atoms with van der Waals surface area (Å²) >= 11 is 0. The van der Waals surface area contributed by atoms with Crippen LogP contribution in [0.5, 0.6) is 0 Å². The highest BCUT2D eigenvalue weighted by Gasteiger charge is 2.37. The first kappa shape index (κ1) is 13.2. The Morgan fingerprint density at radius 3 is 2.68 bits per heavy atom. The maximum Gasteiger partial charge on any atom is 0.331 e. The fraction of sp³-hybridized carbons (Fsp3) is 0.545. The molecule has 0 fully saturated rings. The molecule has 102 valence electrons. The van der Waals surface area contributed by atoms with E-state index in [0.29, 0.717) is 12.2 Å². The highest BCUT2D eigenvalue weighted by atomic mass is 16.4. The summed E-state index contributed by atoms with van der Waals surface area (Å²) in [5.41, 5.74) is 0.303. The van der Waals surface area contributed by atoms with Crippen molar-refractivity contribution in [3.63, 3.8) is 0 Å². The van der Waals surface area contributed by atoms with Crippen molar-refractivity contribution < 1.29 is 9.90 Å². The number of rotatable bonds is 4. The summed E-state index contributed by atoms with van der Waals surface area (Å²) < 4.78 is 2.99. The van der Waals surface area contributed by atoms with Crippen molar-refractivity contribution >= 4 is 5.97 Å². The molecule has 2 heterocycles. The fourth-order valence-corrected chi connectivity index (χ4v) is 1.90. The van der Waals surface area contributed by atoms with E-state index in [1.54, 1.807) is 31.8 Å². The van der Waals surface area contributed by atoms with Gasteiger partial charge in [-0.3, -0.25) is 4.68 Å². The summed E-state index contributed by atoms with van der Waals surface area (Å²) in [5, 5.41) is 25.0. The van der Waals surface area contributed by atoms with Gasteiger partial charge in [0.25, 0.3) is 0 Å². The SMILES string of the molecule is CCC(C)(C(=O)O)n1nnnc1-c1cn(C)nc1C. The van der Waals surface area contributed by atoms with Crippen LogP contribution in [-0.4, -0.2) is 41.1 Å². The monoisotopic (exact) mass is 264 g/mol. The molecular weight excluding hydrogens is 248 g/mol. The van der Waals surface area contributed by atoms with Crippen LogP contribution in [0.3, 0.4) is 0 Å². The Morgan fingerprint density at radius 1 is 1.53 bits per heavy atom. The molecule has 8 nitrogen and oxygen atoms in total. The minimum absolute atomic E-state index is 0.375. The van der Waals surface area contributed by atoms with Crippen molar-refractivity contribution in [2.45, 2.75) is 32.7 Å². The molecule has 0 aliphatic heterocycles. The van der Waals surface area contributed by atoms with Crippen molar-refractivity contribution in [2.24, 2.45) is 7.05 Å². The van der Waals surface area contributed by atoms with Gasteiger partial charge in [0.05, 0.1) is 11.3 Å². The van der Waals surface area contributed by atoms with Crippen LogP contribution in [0.4, 0.5) is 0 Å².